The zero-order valence-corrected chi connectivity index (χ0v) is 16.8. The maximum absolute atomic E-state index is 12.2. The van der Waals surface area contributed by atoms with Crippen molar-refractivity contribution >= 4 is 77.5 Å². The number of anilines is 1. The van der Waals surface area contributed by atoms with E-state index < -0.39 is 0 Å². The topological polar surface area (TPSA) is 63.2 Å². The van der Waals surface area contributed by atoms with E-state index in [1.807, 2.05) is 6.07 Å². The van der Waals surface area contributed by atoms with E-state index in [9.17, 15) is 4.79 Å². The second-order valence-electron chi connectivity index (χ2n) is 4.89. The van der Waals surface area contributed by atoms with Gasteiger partial charge in [-0.2, -0.15) is 0 Å². The van der Waals surface area contributed by atoms with Crippen molar-refractivity contribution in [2.75, 3.05) is 12.4 Å². The number of fused-ring (bicyclic) bond motifs is 1. The highest BCUT2D eigenvalue weighted by atomic mass is 79.9. The molecular formula is C16H11BrClN3O2S2. The Balaban J connectivity index is 1.71. The van der Waals surface area contributed by atoms with Crippen LogP contribution in [0.5, 0.6) is 5.75 Å². The van der Waals surface area contributed by atoms with E-state index >= 15 is 0 Å². The van der Waals surface area contributed by atoms with Crippen LogP contribution in [0.25, 0.3) is 10.2 Å². The Morgan fingerprint density at radius 1 is 1.32 bits per heavy atom. The number of nitrogens with zero attached hydrogens (tertiary/aromatic N) is 1. The number of carbonyl (C=O) groups excluding carboxylic acids is 1. The lowest BCUT2D eigenvalue weighted by molar-refractivity contribution is 0.0977. The minimum absolute atomic E-state index is 0.171. The molecule has 0 aliphatic heterocycles. The standard InChI is InChI=1S/C16H11BrClN3O2S2/c1-23-12-7-13-11(6-10(12)18)19-16(25-13)21-15(24)20-14(22)8-2-4-9(17)5-3-8/h2-7H,1H3,(H2,19,20,21,22,24). The first-order chi connectivity index (χ1) is 12.0. The molecule has 9 heteroatoms. The highest BCUT2D eigenvalue weighted by Crippen LogP contribution is 2.34. The molecule has 1 amide bonds. The van der Waals surface area contributed by atoms with Crippen LogP contribution in [0.4, 0.5) is 5.13 Å². The lowest BCUT2D eigenvalue weighted by Gasteiger charge is -2.07. The third-order valence-corrected chi connectivity index (χ3v) is 5.18. The highest BCUT2D eigenvalue weighted by Gasteiger charge is 2.12. The summed E-state index contributed by atoms with van der Waals surface area (Å²) in [5, 5.41) is 6.75. The predicted molar refractivity (Wildman–Crippen MR) is 109 cm³/mol. The molecule has 0 atom stereocenters. The van der Waals surface area contributed by atoms with E-state index in [1.165, 1.54) is 11.3 Å². The summed E-state index contributed by atoms with van der Waals surface area (Å²) in [6, 6.07) is 10.5. The number of nitrogens with one attached hydrogen (secondary N) is 2. The number of rotatable bonds is 3. The normalized spacial score (nSPS) is 10.5. The Morgan fingerprint density at radius 2 is 2.04 bits per heavy atom. The van der Waals surface area contributed by atoms with Gasteiger partial charge in [0, 0.05) is 16.1 Å². The summed E-state index contributed by atoms with van der Waals surface area (Å²) in [5.74, 6) is 0.284. The number of benzene rings is 2. The van der Waals surface area contributed by atoms with Gasteiger partial charge in [0.1, 0.15) is 5.75 Å². The number of hydrogen-bond acceptors (Lipinski definition) is 5. The quantitative estimate of drug-likeness (QED) is 0.552. The first-order valence-electron chi connectivity index (χ1n) is 6.98. The Labute approximate surface area is 166 Å². The summed E-state index contributed by atoms with van der Waals surface area (Å²) in [6.45, 7) is 0. The van der Waals surface area contributed by atoms with Crippen LogP contribution in [-0.4, -0.2) is 23.1 Å². The van der Waals surface area contributed by atoms with Crippen molar-refractivity contribution in [2.24, 2.45) is 0 Å². The summed E-state index contributed by atoms with van der Waals surface area (Å²) in [5.41, 5.74) is 1.23. The summed E-state index contributed by atoms with van der Waals surface area (Å²) in [7, 11) is 1.56. The van der Waals surface area contributed by atoms with Crippen molar-refractivity contribution in [3.8, 4) is 5.75 Å². The van der Waals surface area contributed by atoms with Gasteiger partial charge >= 0.3 is 0 Å². The third kappa shape index (κ3) is 4.27. The zero-order valence-electron chi connectivity index (χ0n) is 12.8. The van der Waals surface area contributed by atoms with E-state index in [4.69, 9.17) is 28.6 Å². The predicted octanol–water partition coefficient (Wildman–Crippen LogP) is 4.85. The van der Waals surface area contributed by atoms with E-state index in [1.54, 1.807) is 37.4 Å². The Bertz CT molecular complexity index is 960. The molecule has 0 aliphatic carbocycles. The Kier molecular flexibility index (Phi) is 5.53. The number of thiocarbonyl (C=S) groups is 1. The zero-order chi connectivity index (χ0) is 18.0. The average Bonchev–Trinajstić information content (AvgIpc) is 2.95. The molecule has 3 rings (SSSR count). The number of hydrogen-bond donors (Lipinski definition) is 2. The molecule has 0 saturated heterocycles. The van der Waals surface area contributed by atoms with Crippen molar-refractivity contribution in [3.63, 3.8) is 0 Å². The molecule has 0 radical (unpaired) electrons. The number of ether oxygens (including phenoxy) is 1. The molecule has 3 aromatic rings. The van der Waals surface area contributed by atoms with Crippen LogP contribution < -0.4 is 15.4 Å². The van der Waals surface area contributed by atoms with Gasteiger partial charge in [0.15, 0.2) is 10.2 Å². The minimum atomic E-state index is -0.296. The number of aromatic nitrogens is 1. The Hall–Kier alpha value is -1.74. The second kappa shape index (κ2) is 7.65. The SMILES string of the molecule is COc1cc2sc(NC(=S)NC(=O)c3ccc(Br)cc3)nc2cc1Cl. The lowest BCUT2D eigenvalue weighted by atomic mass is 10.2. The fourth-order valence-corrected chi connectivity index (χ4v) is 3.68. The second-order valence-corrected chi connectivity index (χ2v) is 7.65. The summed E-state index contributed by atoms with van der Waals surface area (Å²) >= 11 is 16.0. The van der Waals surface area contributed by atoms with Crippen molar-refractivity contribution in [3.05, 3.63) is 51.5 Å². The number of thiazole rings is 1. The van der Waals surface area contributed by atoms with Gasteiger partial charge in [-0.25, -0.2) is 4.98 Å². The van der Waals surface area contributed by atoms with Gasteiger partial charge in [-0.3, -0.25) is 10.1 Å². The van der Waals surface area contributed by atoms with E-state index in [2.05, 4.69) is 31.5 Å². The number of halogens is 2. The molecule has 0 unspecified atom stereocenters. The first kappa shape index (κ1) is 18.1. The molecule has 5 nitrogen and oxygen atoms in total. The van der Waals surface area contributed by atoms with Crippen LogP contribution >= 0.6 is 51.1 Å². The summed E-state index contributed by atoms with van der Waals surface area (Å²) in [6.07, 6.45) is 0. The number of carbonyl (C=O) groups is 1. The van der Waals surface area contributed by atoms with Gasteiger partial charge in [0.25, 0.3) is 5.91 Å². The summed E-state index contributed by atoms with van der Waals surface area (Å²) < 4.78 is 6.98. The van der Waals surface area contributed by atoms with Crippen LogP contribution in [0.3, 0.4) is 0 Å². The van der Waals surface area contributed by atoms with Crippen molar-refractivity contribution in [2.45, 2.75) is 0 Å². The van der Waals surface area contributed by atoms with E-state index in [0.29, 0.717) is 21.5 Å². The average molecular weight is 457 g/mol. The van der Waals surface area contributed by atoms with Gasteiger partial charge in [-0.15, -0.1) is 0 Å². The van der Waals surface area contributed by atoms with E-state index in [0.717, 1.165) is 14.7 Å². The largest absolute Gasteiger partial charge is 0.495 e. The van der Waals surface area contributed by atoms with Crippen LogP contribution in [0.15, 0.2) is 40.9 Å². The molecule has 1 aromatic heterocycles. The monoisotopic (exact) mass is 455 g/mol. The van der Waals surface area contributed by atoms with E-state index in [-0.39, 0.29) is 11.0 Å². The molecule has 0 bridgehead atoms. The van der Waals surface area contributed by atoms with Gasteiger partial charge in [-0.05, 0) is 42.5 Å². The van der Waals surface area contributed by atoms with Gasteiger partial charge in [-0.1, -0.05) is 38.9 Å². The number of methoxy groups -OCH3 is 1. The Morgan fingerprint density at radius 3 is 2.72 bits per heavy atom. The van der Waals surface area contributed by atoms with Crippen molar-refractivity contribution in [1.29, 1.82) is 0 Å². The minimum Gasteiger partial charge on any atom is -0.495 e. The molecule has 0 saturated carbocycles. The molecule has 2 aromatic carbocycles. The van der Waals surface area contributed by atoms with Gasteiger partial charge in [0.05, 0.1) is 22.3 Å². The molecule has 128 valence electrons. The third-order valence-electron chi connectivity index (χ3n) is 3.22. The lowest BCUT2D eigenvalue weighted by Crippen LogP contribution is -2.34. The maximum atomic E-state index is 12.2. The molecule has 0 fully saturated rings. The molecular weight excluding hydrogens is 446 g/mol. The van der Waals surface area contributed by atoms with Crippen LogP contribution in [0, 0.1) is 0 Å². The van der Waals surface area contributed by atoms with Crippen LogP contribution in [-0.2, 0) is 0 Å². The molecule has 0 aliphatic rings. The number of amides is 1. The molecule has 2 N–H and O–H groups in total. The summed E-state index contributed by atoms with van der Waals surface area (Å²) in [4.78, 5) is 16.6. The fraction of sp³-hybridized carbons (Fsp3) is 0.0625. The smallest absolute Gasteiger partial charge is 0.257 e. The van der Waals surface area contributed by atoms with Crippen LogP contribution in [0.1, 0.15) is 10.4 Å². The van der Waals surface area contributed by atoms with Crippen molar-refractivity contribution in [1.82, 2.24) is 10.3 Å². The highest BCUT2D eigenvalue weighted by molar-refractivity contribution is 9.10. The molecule has 0 spiro atoms. The van der Waals surface area contributed by atoms with Crippen molar-refractivity contribution < 1.29 is 9.53 Å². The molecule has 1 heterocycles. The van der Waals surface area contributed by atoms with Gasteiger partial charge in [0.2, 0.25) is 0 Å². The van der Waals surface area contributed by atoms with Gasteiger partial charge < -0.3 is 10.1 Å². The maximum Gasteiger partial charge on any atom is 0.257 e. The fourth-order valence-electron chi connectivity index (χ4n) is 2.04. The molecule has 25 heavy (non-hydrogen) atoms. The van der Waals surface area contributed by atoms with Crippen LogP contribution in [0.2, 0.25) is 5.02 Å². The first-order valence-corrected chi connectivity index (χ1v) is 9.38.